The van der Waals surface area contributed by atoms with Crippen LogP contribution in [0.5, 0.6) is 5.88 Å². The number of aromatic hydroxyl groups is 1. The van der Waals surface area contributed by atoms with Crippen LogP contribution in [0, 0.1) is 0 Å². The topological polar surface area (TPSA) is 141 Å². The number of methoxy groups -OCH3 is 1. The van der Waals surface area contributed by atoms with Crippen molar-refractivity contribution in [1.82, 2.24) is 29.5 Å². The minimum atomic E-state index is -0.505. The Morgan fingerprint density at radius 3 is 2.94 bits per heavy atom. The number of H-pyrrole nitrogens is 2. The molecule has 11 nitrogen and oxygen atoms in total. The second kappa shape index (κ2) is 9.03. The molecule has 1 aliphatic carbocycles. The van der Waals surface area contributed by atoms with E-state index in [4.69, 9.17) is 14.7 Å². The van der Waals surface area contributed by atoms with Crippen molar-refractivity contribution in [3.8, 4) is 16.5 Å². The van der Waals surface area contributed by atoms with Gasteiger partial charge in [-0.3, -0.25) is 14.8 Å². The van der Waals surface area contributed by atoms with Gasteiger partial charge < -0.3 is 19.7 Å². The molecule has 1 atom stereocenters. The lowest BCUT2D eigenvalue weighted by Gasteiger charge is -2.23. The van der Waals surface area contributed by atoms with Gasteiger partial charge in [-0.2, -0.15) is 9.61 Å². The van der Waals surface area contributed by atoms with Gasteiger partial charge in [-0.15, -0.1) is 11.3 Å². The molecule has 2 aliphatic rings. The summed E-state index contributed by atoms with van der Waals surface area (Å²) in [5.41, 5.74) is 1.62. The van der Waals surface area contributed by atoms with Crippen LogP contribution < -0.4 is 16.4 Å². The first-order chi connectivity index (χ1) is 17.5. The molecule has 1 amide bonds. The maximum atomic E-state index is 13.2. The average Bonchev–Trinajstić information content (AvgIpc) is 3.24. The van der Waals surface area contributed by atoms with Crippen molar-refractivity contribution >= 4 is 29.0 Å². The fourth-order valence-electron chi connectivity index (χ4n) is 4.52. The SMILES string of the molecule is COC[C@@H]1CCCN1C(=O)c1ccc(-c2cc(=NC3CC3)n3nc/c(=C/c4[nH]c(=O)[nH]c4O)c3n2)s1. The van der Waals surface area contributed by atoms with Crippen LogP contribution in [0.4, 0.5) is 0 Å². The fourth-order valence-corrected chi connectivity index (χ4v) is 5.45. The van der Waals surface area contributed by atoms with E-state index in [2.05, 4.69) is 15.1 Å². The third-order valence-corrected chi connectivity index (χ3v) is 7.54. The van der Waals surface area contributed by atoms with Crippen molar-refractivity contribution in [3.63, 3.8) is 0 Å². The summed E-state index contributed by atoms with van der Waals surface area (Å²) in [6, 6.07) is 6.02. The number of carbonyl (C=O) groups excluding carboxylic acids is 1. The summed E-state index contributed by atoms with van der Waals surface area (Å²) in [5.74, 6) is -0.242. The number of ether oxygens (including phenoxy) is 1. The van der Waals surface area contributed by atoms with E-state index in [9.17, 15) is 14.7 Å². The molecule has 6 rings (SSSR count). The third-order valence-electron chi connectivity index (χ3n) is 6.44. The van der Waals surface area contributed by atoms with E-state index in [1.165, 1.54) is 11.3 Å². The number of thiophene rings is 1. The fraction of sp³-hybridized carbons (Fsp3) is 0.375. The maximum Gasteiger partial charge on any atom is 0.326 e. The summed E-state index contributed by atoms with van der Waals surface area (Å²) in [6.07, 6.45) is 7.23. The summed E-state index contributed by atoms with van der Waals surface area (Å²) < 4.78 is 6.96. The number of nitrogens with one attached hydrogen (secondary N) is 2. The predicted molar refractivity (Wildman–Crippen MR) is 133 cm³/mol. The van der Waals surface area contributed by atoms with Gasteiger partial charge in [0.05, 0.1) is 40.3 Å². The lowest BCUT2D eigenvalue weighted by Crippen LogP contribution is -2.37. The van der Waals surface area contributed by atoms with Crippen molar-refractivity contribution in [3.05, 3.63) is 56.2 Å². The molecule has 2 fully saturated rings. The number of aromatic amines is 2. The maximum absolute atomic E-state index is 13.2. The van der Waals surface area contributed by atoms with Crippen LogP contribution in [0.2, 0.25) is 0 Å². The van der Waals surface area contributed by atoms with Gasteiger partial charge in [0.15, 0.2) is 11.1 Å². The molecular weight excluding hydrogens is 482 g/mol. The quantitative estimate of drug-likeness (QED) is 0.356. The first-order valence-electron chi connectivity index (χ1n) is 11.9. The Balaban J connectivity index is 1.42. The number of fused-ring (bicyclic) bond motifs is 1. The van der Waals surface area contributed by atoms with Crippen LogP contribution in [0.15, 0.2) is 34.2 Å². The van der Waals surface area contributed by atoms with Gasteiger partial charge in [0.1, 0.15) is 5.69 Å². The molecule has 5 heterocycles. The molecule has 0 bridgehead atoms. The lowest BCUT2D eigenvalue weighted by molar-refractivity contribution is 0.0635. The van der Waals surface area contributed by atoms with Gasteiger partial charge in [0.25, 0.3) is 5.91 Å². The van der Waals surface area contributed by atoms with Crippen LogP contribution in [-0.4, -0.2) is 72.8 Å². The zero-order valence-electron chi connectivity index (χ0n) is 19.6. The van der Waals surface area contributed by atoms with Crippen LogP contribution in [-0.2, 0) is 4.74 Å². The van der Waals surface area contributed by atoms with Crippen LogP contribution in [0.3, 0.4) is 0 Å². The summed E-state index contributed by atoms with van der Waals surface area (Å²) in [4.78, 5) is 42.7. The summed E-state index contributed by atoms with van der Waals surface area (Å²) in [5, 5.41) is 15.1. The Bertz CT molecular complexity index is 1630. The van der Waals surface area contributed by atoms with E-state index in [-0.39, 0.29) is 29.6 Å². The molecule has 1 saturated heterocycles. The number of imidazole rings is 1. The molecule has 3 N–H and O–H groups in total. The van der Waals surface area contributed by atoms with Crippen molar-refractivity contribution < 1.29 is 14.6 Å². The van der Waals surface area contributed by atoms with Crippen LogP contribution in [0.25, 0.3) is 22.3 Å². The molecule has 36 heavy (non-hydrogen) atoms. The van der Waals surface area contributed by atoms with Gasteiger partial charge in [-0.25, -0.2) is 9.78 Å². The van der Waals surface area contributed by atoms with E-state index in [1.807, 2.05) is 23.1 Å². The first kappa shape index (κ1) is 22.7. The van der Waals surface area contributed by atoms with Crippen LogP contribution in [0.1, 0.15) is 41.0 Å². The second-order valence-electron chi connectivity index (χ2n) is 9.09. The number of hydrogen-bond acceptors (Lipinski definition) is 8. The summed E-state index contributed by atoms with van der Waals surface area (Å²) >= 11 is 1.40. The van der Waals surface area contributed by atoms with Crippen molar-refractivity contribution in [1.29, 1.82) is 0 Å². The predicted octanol–water partition coefficient (Wildman–Crippen LogP) is 1.04. The summed E-state index contributed by atoms with van der Waals surface area (Å²) in [7, 11) is 1.66. The summed E-state index contributed by atoms with van der Waals surface area (Å²) in [6.45, 7) is 1.27. The van der Waals surface area contributed by atoms with Crippen LogP contribution >= 0.6 is 11.3 Å². The van der Waals surface area contributed by atoms with E-state index in [1.54, 1.807) is 23.9 Å². The molecule has 186 valence electrons. The molecular formula is C24H25N7O4S. The van der Waals surface area contributed by atoms with E-state index >= 15 is 0 Å². The smallest absolute Gasteiger partial charge is 0.326 e. The van der Waals surface area contributed by atoms with E-state index < -0.39 is 5.69 Å². The number of nitrogens with zero attached hydrogens (tertiary/aromatic N) is 5. The lowest BCUT2D eigenvalue weighted by atomic mass is 10.2. The zero-order valence-corrected chi connectivity index (χ0v) is 20.4. The molecule has 0 unspecified atom stereocenters. The van der Waals surface area contributed by atoms with Gasteiger partial charge >= 0.3 is 5.69 Å². The van der Waals surface area contributed by atoms with Crippen molar-refractivity contribution in [2.24, 2.45) is 4.99 Å². The first-order valence-corrected chi connectivity index (χ1v) is 12.7. The highest BCUT2D eigenvalue weighted by Crippen LogP contribution is 2.29. The number of likely N-dealkylation sites (tertiary alicyclic amines) is 1. The number of rotatable bonds is 6. The van der Waals surface area contributed by atoms with Gasteiger partial charge in [-0.05, 0) is 43.9 Å². The van der Waals surface area contributed by atoms with Crippen molar-refractivity contribution in [2.45, 2.75) is 37.8 Å². The normalized spacial score (nSPS) is 19.1. The molecule has 4 aromatic heterocycles. The van der Waals surface area contributed by atoms with Gasteiger partial charge in [0.2, 0.25) is 5.88 Å². The monoisotopic (exact) mass is 507 g/mol. The molecule has 0 aromatic carbocycles. The Morgan fingerprint density at radius 2 is 2.19 bits per heavy atom. The number of amides is 1. The number of carbonyl (C=O) groups is 1. The standard InChI is InChI=1S/C24H25N7O4S/c1-35-12-15-3-2-8-30(15)23(33)19-7-6-18(36-19)16-10-20(26-14-4-5-14)31-21(27-16)13(11-25-31)9-17-22(32)29-24(34)28-17/h6-7,9-11,14-15,32H,2-5,8,12H2,1H3,(H2,28,29,34)/b13-9-,26-20?/t15-/m0/s1. The molecule has 1 aliphatic heterocycles. The van der Waals surface area contributed by atoms with E-state index in [0.29, 0.717) is 33.5 Å². The minimum Gasteiger partial charge on any atom is -0.493 e. The zero-order chi connectivity index (χ0) is 24.8. The molecule has 1 saturated carbocycles. The van der Waals surface area contributed by atoms with Crippen molar-refractivity contribution in [2.75, 3.05) is 20.3 Å². The molecule has 12 heteroatoms. The Labute approximate surface area is 208 Å². The third kappa shape index (κ3) is 4.22. The Hall–Kier alpha value is -3.77. The van der Waals surface area contributed by atoms with E-state index in [0.717, 1.165) is 37.1 Å². The number of aromatic nitrogens is 5. The molecule has 0 spiro atoms. The average molecular weight is 508 g/mol. The van der Waals surface area contributed by atoms with Gasteiger partial charge in [-0.1, -0.05) is 0 Å². The molecule has 0 radical (unpaired) electrons. The van der Waals surface area contributed by atoms with Gasteiger partial charge in [0, 0.05) is 24.9 Å². The highest BCUT2D eigenvalue weighted by molar-refractivity contribution is 7.17. The molecule has 4 aromatic rings. The largest absolute Gasteiger partial charge is 0.493 e. The highest BCUT2D eigenvalue weighted by atomic mass is 32.1. The minimum absolute atomic E-state index is 0.0139. The Kier molecular flexibility index (Phi) is 5.69. The number of hydrogen-bond donors (Lipinski definition) is 3. The second-order valence-corrected chi connectivity index (χ2v) is 10.2. The Morgan fingerprint density at radius 1 is 1.33 bits per heavy atom. The highest BCUT2D eigenvalue weighted by Gasteiger charge is 2.30.